The molecule has 3 aromatic heterocycles. The summed E-state index contributed by atoms with van der Waals surface area (Å²) in [5, 5.41) is 5.11. The second-order valence-corrected chi connectivity index (χ2v) is 8.70. The van der Waals surface area contributed by atoms with Gasteiger partial charge in [0.1, 0.15) is 17.9 Å². The lowest BCUT2D eigenvalue weighted by atomic mass is 10.2. The van der Waals surface area contributed by atoms with E-state index in [0.717, 1.165) is 22.2 Å². The van der Waals surface area contributed by atoms with E-state index in [1.165, 1.54) is 17.3 Å². The number of likely N-dealkylation sites (N-methyl/N-ethyl adjacent to an activating group) is 1. The molecule has 8 nitrogen and oxygen atoms in total. The van der Waals surface area contributed by atoms with Crippen LogP contribution in [0.2, 0.25) is 0 Å². The Morgan fingerprint density at radius 2 is 1.97 bits per heavy atom. The normalized spacial score (nSPS) is 12.0. The molecule has 5 rings (SSSR count). The van der Waals surface area contributed by atoms with E-state index in [1.54, 1.807) is 33.3 Å². The highest BCUT2D eigenvalue weighted by Gasteiger charge is 2.19. The van der Waals surface area contributed by atoms with Crippen molar-refractivity contribution in [2.24, 2.45) is 0 Å². The fourth-order valence-corrected chi connectivity index (χ4v) is 4.13. The third-order valence-corrected chi connectivity index (χ3v) is 5.89. The summed E-state index contributed by atoms with van der Waals surface area (Å²) < 4.78 is 21.2. The van der Waals surface area contributed by atoms with Gasteiger partial charge in [-0.1, -0.05) is 12.1 Å². The Balaban J connectivity index is 1.44. The van der Waals surface area contributed by atoms with Crippen LogP contribution in [-0.2, 0) is 11.3 Å². The third kappa shape index (κ3) is 4.68. The monoisotopic (exact) mass is 484 g/mol. The van der Waals surface area contributed by atoms with E-state index in [0.29, 0.717) is 29.0 Å². The average molecular weight is 485 g/mol. The van der Waals surface area contributed by atoms with Crippen LogP contribution in [0.25, 0.3) is 21.8 Å². The number of halogens is 1. The summed E-state index contributed by atoms with van der Waals surface area (Å²) in [5.74, 6) is 0.482. The zero-order chi connectivity index (χ0) is 25.2. The van der Waals surface area contributed by atoms with Gasteiger partial charge in [0.05, 0.1) is 10.9 Å². The fourth-order valence-electron chi connectivity index (χ4n) is 4.13. The first kappa shape index (κ1) is 23.2. The Kier molecular flexibility index (Phi) is 6.20. The van der Waals surface area contributed by atoms with Gasteiger partial charge < -0.3 is 19.5 Å². The summed E-state index contributed by atoms with van der Waals surface area (Å²) in [5.41, 5.74) is 3.50. The van der Waals surface area contributed by atoms with E-state index in [4.69, 9.17) is 4.74 Å². The number of pyridine rings is 1. The van der Waals surface area contributed by atoms with Gasteiger partial charge in [-0.05, 0) is 55.0 Å². The van der Waals surface area contributed by atoms with Gasteiger partial charge in [0.25, 0.3) is 5.91 Å². The summed E-state index contributed by atoms with van der Waals surface area (Å²) >= 11 is 0. The van der Waals surface area contributed by atoms with Gasteiger partial charge in [0, 0.05) is 49.6 Å². The van der Waals surface area contributed by atoms with Crippen LogP contribution in [0.4, 0.5) is 15.9 Å². The Hall–Kier alpha value is -4.53. The molecule has 9 heteroatoms. The molecule has 0 aliphatic carbocycles. The van der Waals surface area contributed by atoms with Crippen LogP contribution < -0.4 is 10.1 Å². The Morgan fingerprint density at radius 1 is 1.11 bits per heavy atom. The summed E-state index contributed by atoms with van der Waals surface area (Å²) in [6.07, 6.45) is 4.37. The van der Waals surface area contributed by atoms with Crippen LogP contribution in [0.3, 0.4) is 0 Å². The number of nitrogens with one attached hydrogen (secondary N) is 1. The molecule has 182 valence electrons. The number of carbonyl (C=O) groups excluding carboxylic acids is 1. The minimum absolute atomic E-state index is 0.134. The lowest BCUT2D eigenvalue weighted by Crippen LogP contribution is -2.35. The van der Waals surface area contributed by atoms with Crippen molar-refractivity contribution in [3.8, 4) is 5.75 Å². The maximum Gasteiger partial charge on any atom is 0.262 e. The Morgan fingerprint density at radius 3 is 2.75 bits per heavy atom. The molecule has 3 heterocycles. The maximum atomic E-state index is 13.1. The summed E-state index contributed by atoms with van der Waals surface area (Å²) in [6, 6.07) is 16.7. The van der Waals surface area contributed by atoms with Crippen molar-refractivity contribution >= 4 is 39.2 Å². The smallest absolute Gasteiger partial charge is 0.262 e. The average Bonchev–Trinajstić information content (AvgIpc) is 3.27. The van der Waals surface area contributed by atoms with E-state index in [2.05, 4.69) is 24.8 Å². The number of anilines is 2. The number of aromatic nitrogens is 4. The number of rotatable bonds is 7. The molecule has 36 heavy (non-hydrogen) atoms. The molecule has 5 aromatic rings. The number of ether oxygens (including phenoxy) is 1. The van der Waals surface area contributed by atoms with Crippen molar-refractivity contribution in [1.82, 2.24) is 24.4 Å². The van der Waals surface area contributed by atoms with Crippen LogP contribution >= 0.6 is 0 Å². The van der Waals surface area contributed by atoms with Crippen LogP contribution in [0.1, 0.15) is 12.5 Å². The van der Waals surface area contributed by atoms with Gasteiger partial charge in [-0.2, -0.15) is 4.39 Å². The van der Waals surface area contributed by atoms with Crippen LogP contribution in [0, 0.1) is 5.95 Å². The van der Waals surface area contributed by atoms with Gasteiger partial charge in [-0.15, -0.1) is 0 Å². The lowest BCUT2D eigenvalue weighted by Gasteiger charge is -2.20. The van der Waals surface area contributed by atoms with Gasteiger partial charge in [-0.25, -0.2) is 15.0 Å². The Bertz CT molecular complexity index is 1540. The zero-order valence-corrected chi connectivity index (χ0v) is 20.1. The topological polar surface area (TPSA) is 85.2 Å². The molecular formula is C27H25FN6O2. The van der Waals surface area contributed by atoms with E-state index in [1.807, 2.05) is 48.7 Å². The summed E-state index contributed by atoms with van der Waals surface area (Å²) in [7, 11) is 3.39. The van der Waals surface area contributed by atoms with Crippen molar-refractivity contribution in [2.45, 2.75) is 19.6 Å². The molecule has 1 N–H and O–H groups in total. The summed E-state index contributed by atoms with van der Waals surface area (Å²) in [4.78, 5) is 26.4. The number of nitrogens with zero attached hydrogens (tertiary/aromatic N) is 5. The minimum Gasteiger partial charge on any atom is -0.480 e. The predicted molar refractivity (Wildman–Crippen MR) is 137 cm³/mol. The molecule has 1 atom stereocenters. The van der Waals surface area contributed by atoms with E-state index >= 15 is 0 Å². The molecule has 0 aliphatic heterocycles. The second kappa shape index (κ2) is 9.61. The lowest BCUT2D eigenvalue weighted by molar-refractivity contribution is -0.135. The van der Waals surface area contributed by atoms with Crippen molar-refractivity contribution in [2.75, 3.05) is 19.4 Å². The highest BCUT2D eigenvalue weighted by molar-refractivity contribution is 5.97. The molecule has 0 aliphatic rings. The van der Waals surface area contributed by atoms with Gasteiger partial charge in [0.15, 0.2) is 6.10 Å². The minimum atomic E-state index is -0.661. The number of hydrogen-bond donors (Lipinski definition) is 1. The maximum absolute atomic E-state index is 13.1. The highest BCUT2D eigenvalue weighted by atomic mass is 19.1. The first-order valence-corrected chi connectivity index (χ1v) is 11.5. The molecule has 0 bridgehead atoms. The zero-order valence-electron chi connectivity index (χ0n) is 20.1. The first-order valence-electron chi connectivity index (χ1n) is 11.5. The van der Waals surface area contributed by atoms with Crippen molar-refractivity contribution in [3.63, 3.8) is 0 Å². The van der Waals surface area contributed by atoms with E-state index < -0.39 is 12.1 Å². The highest BCUT2D eigenvalue weighted by Crippen LogP contribution is 2.33. The molecule has 0 fully saturated rings. The molecule has 2 aromatic carbocycles. The molecule has 1 amide bonds. The molecule has 0 saturated heterocycles. The SMILES string of the molecule is C[C@@H](Oc1cccc2ncnc(Nc3ccc4c(ccn4Cc4ccc(F)nc4)c3)c12)C(=O)N(C)C. The number of hydrogen-bond acceptors (Lipinski definition) is 6. The fraction of sp³-hybridized carbons (Fsp3) is 0.185. The summed E-state index contributed by atoms with van der Waals surface area (Å²) in [6.45, 7) is 2.31. The van der Waals surface area contributed by atoms with Crippen LogP contribution in [-0.4, -0.2) is 50.5 Å². The van der Waals surface area contributed by atoms with E-state index in [-0.39, 0.29) is 5.91 Å². The second-order valence-electron chi connectivity index (χ2n) is 8.70. The Labute approximate surface area is 207 Å². The van der Waals surface area contributed by atoms with Crippen molar-refractivity contribution < 1.29 is 13.9 Å². The molecule has 0 saturated carbocycles. The standard InChI is InChI=1S/C27H25FN6O2/c1-17(27(35)33(2)3)36-23-6-4-5-21-25(23)26(31-16-30-21)32-20-8-9-22-19(13-20)11-12-34(22)15-18-7-10-24(28)29-14-18/h4-14,16-17H,15H2,1-3H3,(H,30,31,32)/t17-/m1/s1. The molecular weight excluding hydrogens is 459 g/mol. The van der Waals surface area contributed by atoms with Crippen molar-refractivity contribution in [3.05, 3.63) is 84.8 Å². The quantitative estimate of drug-likeness (QED) is 0.335. The van der Waals surface area contributed by atoms with Gasteiger partial charge >= 0.3 is 0 Å². The van der Waals surface area contributed by atoms with Crippen LogP contribution in [0.15, 0.2) is 73.3 Å². The number of carbonyl (C=O) groups is 1. The number of amides is 1. The molecule has 0 unspecified atom stereocenters. The van der Waals surface area contributed by atoms with Crippen molar-refractivity contribution in [1.29, 1.82) is 0 Å². The number of fused-ring (bicyclic) bond motifs is 2. The van der Waals surface area contributed by atoms with Gasteiger partial charge in [-0.3, -0.25) is 4.79 Å². The predicted octanol–water partition coefficient (Wildman–Crippen LogP) is 4.77. The third-order valence-electron chi connectivity index (χ3n) is 5.89. The first-order chi connectivity index (χ1) is 17.4. The largest absolute Gasteiger partial charge is 0.480 e. The van der Waals surface area contributed by atoms with E-state index in [9.17, 15) is 9.18 Å². The molecule has 0 spiro atoms. The molecule has 0 radical (unpaired) electrons. The van der Waals surface area contributed by atoms with Crippen LogP contribution in [0.5, 0.6) is 5.75 Å². The number of benzene rings is 2. The van der Waals surface area contributed by atoms with Gasteiger partial charge in [0.2, 0.25) is 5.95 Å².